The number of ether oxygens (including phenoxy) is 2. The van der Waals surface area contributed by atoms with Gasteiger partial charge in [0.25, 0.3) is 0 Å². The van der Waals surface area contributed by atoms with E-state index in [9.17, 15) is 9.59 Å². The van der Waals surface area contributed by atoms with Gasteiger partial charge in [0.05, 0.1) is 13.7 Å². The second-order valence-electron chi connectivity index (χ2n) is 5.34. The molecule has 0 N–H and O–H groups in total. The van der Waals surface area contributed by atoms with Gasteiger partial charge in [0.2, 0.25) is 5.78 Å². The van der Waals surface area contributed by atoms with Crippen LogP contribution < -0.4 is 4.74 Å². The van der Waals surface area contributed by atoms with Crippen LogP contribution in [0.25, 0.3) is 0 Å². The number of carbonyl (C=O) groups is 2. The number of pyridine rings is 1. The third kappa shape index (κ3) is 4.87. The predicted octanol–water partition coefficient (Wildman–Crippen LogP) is 2.14. The van der Waals surface area contributed by atoms with E-state index in [0.29, 0.717) is 5.75 Å². The van der Waals surface area contributed by atoms with Crippen LogP contribution in [-0.2, 0) is 4.74 Å². The fourth-order valence-electron chi connectivity index (χ4n) is 1.39. The van der Waals surface area contributed by atoms with Crippen molar-refractivity contribution in [1.82, 2.24) is 9.88 Å². The van der Waals surface area contributed by atoms with Crippen LogP contribution in [0.4, 0.5) is 4.79 Å². The van der Waals surface area contributed by atoms with Crippen molar-refractivity contribution in [3.05, 3.63) is 24.0 Å². The van der Waals surface area contributed by atoms with E-state index in [-0.39, 0.29) is 18.0 Å². The second-order valence-corrected chi connectivity index (χ2v) is 5.34. The summed E-state index contributed by atoms with van der Waals surface area (Å²) in [4.78, 5) is 29.0. The van der Waals surface area contributed by atoms with Gasteiger partial charge in [0.1, 0.15) is 17.0 Å². The van der Waals surface area contributed by atoms with Gasteiger partial charge in [-0.15, -0.1) is 0 Å². The van der Waals surface area contributed by atoms with Crippen LogP contribution in [-0.4, -0.2) is 48.1 Å². The molecule has 0 saturated heterocycles. The number of methoxy groups -OCH3 is 1. The summed E-state index contributed by atoms with van der Waals surface area (Å²) in [6, 6.07) is 3.18. The molecule has 0 unspecified atom stereocenters. The first kappa shape index (κ1) is 15.9. The van der Waals surface area contributed by atoms with Gasteiger partial charge in [-0.1, -0.05) is 0 Å². The minimum Gasteiger partial charge on any atom is -0.497 e. The fraction of sp³-hybridized carbons (Fsp3) is 0.500. The van der Waals surface area contributed by atoms with E-state index in [1.807, 2.05) is 0 Å². The quantitative estimate of drug-likeness (QED) is 0.790. The van der Waals surface area contributed by atoms with Gasteiger partial charge in [-0.05, 0) is 26.8 Å². The number of hydrogen-bond donors (Lipinski definition) is 0. The number of amides is 1. The van der Waals surface area contributed by atoms with Gasteiger partial charge in [-0.25, -0.2) is 4.79 Å². The largest absolute Gasteiger partial charge is 0.497 e. The van der Waals surface area contributed by atoms with Crippen LogP contribution in [0.1, 0.15) is 31.3 Å². The van der Waals surface area contributed by atoms with Gasteiger partial charge >= 0.3 is 6.09 Å². The van der Waals surface area contributed by atoms with Crippen molar-refractivity contribution in [2.24, 2.45) is 0 Å². The normalized spacial score (nSPS) is 10.8. The summed E-state index contributed by atoms with van der Waals surface area (Å²) < 4.78 is 10.2. The topological polar surface area (TPSA) is 68.7 Å². The highest BCUT2D eigenvalue weighted by atomic mass is 16.6. The zero-order valence-electron chi connectivity index (χ0n) is 12.5. The smallest absolute Gasteiger partial charge is 0.410 e. The minimum atomic E-state index is -0.595. The molecular formula is C14H20N2O4. The summed E-state index contributed by atoms with van der Waals surface area (Å²) in [6.45, 7) is 5.20. The molecule has 0 fully saturated rings. The standard InChI is InChI=1S/C14H20N2O4/c1-14(2,3)20-13(18)16(4)9-12(17)11-8-10(19-5)6-7-15-11/h6-8H,9H2,1-5H3. The van der Waals surface area contributed by atoms with Crippen molar-refractivity contribution in [2.45, 2.75) is 26.4 Å². The van der Waals surface area contributed by atoms with E-state index in [4.69, 9.17) is 9.47 Å². The molecule has 110 valence electrons. The lowest BCUT2D eigenvalue weighted by Crippen LogP contribution is -2.37. The highest BCUT2D eigenvalue weighted by Gasteiger charge is 2.22. The highest BCUT2D eigenvalue weighted by molar-refractivity contribution is 5.97. The number of carbonyl (C=O) groups excluding carboxylic acids is 2. The SMILES string of the molecule is COc1ccnc(C(=O)CN(C)C(=O)OC(C)(C)C)c1. The Kier molecular flexibility index (Phi) is 5.07. The van der Waals surface area contributed by atoms with E-state index in [1.165, 1.54) is 31.3 Å². The molecule has 1 rings (SSSR count). The minimum absolute atomic E-state index is 0.102. The van der Waals surface area contributed by atoms with Crippen molar-refractivity contribution in [1.29, 1.82) is 0 Å². The molecule has 1 aromatic rings. The van der Waals surface area contributed by atoms with Crippen molar-refractivity contribution >= 4 is 11.9 Å². The molecule has 0 spiro atoms. The monoisotopic (exact) mass is 280 g/mol. The Hall–Kier alpha value is -2.11. The van der Waals surface area contributed by atoms with Crippen LogP contribution >= 0.6 is 0 Å². The number of likely N-dealkylation sites (N-methyl/N-ethyl adjacent to an activating group) is 1. The Morgan fingerprint density at radius 2 is 2.00 bits per heavy atom. The third-order valence-corrected chi connectivity index (χ3v) is 2.34. The van der Waals surface area contributed by atoms with E-state index >= 15 is 0 Å². The lowest BCUT2D eigenvalue weighted by atomic mass is 10.2. The molecule has 6 heteroatoms. The number of Topliss-reactive ketones (excluding diaryl/α,β-unsaturated/α-hetero) is 1. The van der Waals surface area contributed by atoms with Crippen LogP contribution in [0, 0.1) is 0 Å². The Bertz CT molecular complexity index is 494. The Morgan fingerprint density at radius 3 is 2.55 bits per heavy atom. The summed E-state index contributed by atoms with van der Waals surface area (Å²) in [5.41, 5.74) is -0.345. The molecule has 0 aliphatic heterocycles. The fourth-order valence-corrected chi connectivity index (χ4v) is 1.39. The Balaban J connectivity index is 2.67. The van der Waals surface area contributed by atoms with Gasteiger partial charge in [-0.2, -0.15) is 0 Å². The van der Waals surface area contributed by atoms with E-state index in [1.54, 1.807) is 26.8 Å². The predicted molar refractivity (Wildman–Crippen MR) is 74.0 cm³/mol. The van der Waals surface area contributed by atoms with Crippen LogP contribution in [0.2, 0.25) is 0 Å². The van der Waals surface area contributed by atoms with E-state index in [2.05, 4.69) is 4.98 Å². The number of ketones is 1. The summed E-state index contributed by atoms with van der Waals surface area (Å²) >= 11 is 0. The first-order valence-corrected chi connectivity index (χ1v) is 6.20. The van der Waals surface area contributed by atoms with Gasteiger partial charge < -0.3 is 14.4 Å². The van der Waals surface area contributed by atoms with Gasteiger partial charge in [0.15, 0.2) is 0 Å². The summed E-state index contributed by atoms with van der Waals surface area (Å²) in [7, 11) is 3.02. The van der Waals surface area contributed by atoms with E-state index < -0.39 is 11.7 Å². The number of hydrogen-bond acceptors (Lipinski definition) is 5. The van der Waals surface area contributed by atoms with E-state index in [0.717, 1.165) is 0 Å². The van der Waals surface area contributed by atoms with Crippen LogP contribution in [0.15, 0.2) is 18.3 Å². The van der Waals surface area contributed by atoms with Crippen LogP contribution in [0.5, 0.6) is 5.75 Å². The molecule has 0 aliphatic rings. The highest BCUT2D eigenvalue weighted by Crippen LogP contribution is 2.12. The van der Waals surface area contributed by atoms with Gasteiger partial charge in [0, 0.05) is 19.3 Å². The third-order valence-electron chi connectivity index (χ3n) is 2.34. The Labute approximate surface area is 118 Å². The van der Waals surface area contributed by atoms with Crippen molar-refractivity contribution < 1.29 is 19.1 Å². The summed E-state index contributed by atoms with van der Waals surface area (Å²) in [5, 5.41) is 0. The maximum atomic E-state index is 12.0. The number of aromatic nitrogens is 1. The molecule has 0 radical (unpaired) electrons. The molecule has 6 nitrogen and oxygen atoms in total. The maximum absolute atomic E-state index is 12.0. The number of nitrogens with zero attached hydrogens (tertiary/aromatic N) is 2. The summed E-state index contributed by atoms with van der Waals surface area (Å²) in [6.07, 6.45) is 0.938. The lowest BCUT2D eigenvalue weighted by molar-refractivity contribution is 0.0294. The van der Waals surface area contributed by atoms with Crippen molar-refractivity contribution in [2.75, 3.05) is 20.7 Å². The van der Waals surface area contributed by atoms with Gasteiger partial charge in [-0.3, -0.25) is 9.78 Å². The average molecular weight is 280 g/mol. The average Bonchev–Trinajstić information content (AvgIpc) is 2.36. The number of rotatable bonds is 4. The molecule has 0 saturated carbocycles. The van der Waals surface area contributed by atoms with Crippen molar-refractivity contribution in [3.8, 4) is 5.75 Å². The molecule has 1 heterocycles. The molecule has 1 aromatic heterocycles. The molecule has 0 atom stereocenters. The first-order chi connectivity index (χ1) is 9.23. The maximum Gasteiger partial charge on any atom is 0.410 e. The van der Waals surface area contributed by atoms with Crippen LogP contribution in [0.3, 0.4) is 0 Å². The zero-order chi connectivity index (χ0) is 15.3. The molecular weight excluding hydrogens is 260 g/mol. The molecule has 0 aromatic carbocycles. The molecule has 1 amide bonds. The molecule has 20 heavy (non-hydrogen) atoms. The Morgan fingerprint density at radius 1 is 1.35 bits per heavy atom. The molecule has 0 aliphatic carbocycles. The van der Waals surface area contributed by atoms with Crippen molar-refractivity contribution in [3.63, 3.8) is 0 Å². The second kappa shape index (κ2) is 6.36. The zero-order valence-corrected chi connectivity index (χ0v) is 12.5. The summed E-state index contributed by atoms with van der Waals surface area (Å²) in [5.74, 6) is 0.264. The lowest BCUT2D eigenvalue weighted by Gasteiger charge is -2.24. The molecule has 0 bridgehead atoms. The first-order valence-electron chi connectivity index (χ1n) is 6.20.